The number of aromatic nitrogens is 5. The Morgan fingerprint density at radius 1 is 1.37 bits per heavy atom. The smallest absolute Gasteiger partial charge is 0.208 e. The predicted molar refractivity (Wildman–Crippen MR) is 73.3 cm³/mol. The van der Waals surface area contributed by atoms with Crippen LogP contribution in [-0.2, 0) is 0 Å². The van der Waals surface area contributed by atoms with E-state index in [9.17, 15) is 0 Å². The zero-order chi connectivity index (χ0) is 13.2. The molecule has 3 N–H and O–H groups in total. The molecule has 0 aromatic carbocycles. The molecule has 0 saturated heterocycles. The van der Waals surface area contributed by atoms with Crippen molar-refractivity contribution in [1.82, 2.24) is 24.6 Å². The third-order valence-electron chi connectivity index (χ3n) is 2.87. The summed E-state index contributed by atoms with van der Waals surface area (Å²) in [6, 6.07) is 1.90. The van der Waals surface area contributed by atoms with Gasteiger partial charge >= 0.3 is 0 Å². The summed E-state index contributed by atoms with van der Waals surface area (Å²) in [5.41, 5.74) is 7.08. The minimum atomic E-state index is 0.567. The summed E-state index contributed by atoms with van der Waals surface area (Å²) in [5.74, 6) is 1.67. The third-order valence-corrected chi connectivity index (χ3v) is 2.87. The summed E-state index contributed by atoms with van der Waals surface area (Å²) in [4.78, 5) is 13.7. The van der Waals surface area contributed by atoms with Gasteiger partial charge in [0.2, 0.25) is 5.95 Å². The molecule has 0 atom stereocenters. The van der Waals surface area contributed by atoms with Crippen molar-refractivity contribution in [2.75, 3.05) is 17.2 Å². The topological polar surface area (TPSA) is 88.1 Å². The van der Waals surface area contributed by atoms with Crippen molar-refractivity contribution < 1.29 is 0 Å². The van der Waals surface area contributed by atoms with Crippen LogP contribution in [0.2, 0.25) is 0 Å². The largest absolute Gasteiger partial charge is 0.394 e. The van der Waals surface area contributed by atoms with Crippen molar-refractivity contribution in [3.8, 4) is 0 Å². The van der Waals surface area contributed by atoms with Crippen LogP contribution in [0.25, 0.3) is 5.65 Å². The second kappa shape index (κ2) is 4.60. The maximum absolute atomic E-state index is 5.85. The van der Waals surface area contributed by atoms with E-state index in [2.05, 4.69) is 31.9 Å². The molecule has 0 spiro atoms. The lowest BCUT2D eigenvalue weighted by atomic mass is 10.4. The summed E-state index contributed by atoms with van der Waals surface area (Å²) in [7, 11) is 0. The van der Waals surface area contributed by atoms with E-state index in [4.69, 9.17) is 5.73 Å². The van der Waals surface area contributed by atoms with Crippen LogP contribution in [0.1, 0.15) is 13.3 Å². The lowest BCUT2D eigenvalue weighted by Gasteiger charge is -2.21. The highest BCUT2D eigenvalue weighted by Crippen LogP contribution is 2.23. The molecule has 3 rings (SSSR count). The predicted octanol–water partition coefficient (Wildman–Crippen LogP) is 1.58. The highest BCUT2D eigenvalue weighted by atomic mass is 15.4. The van der Waals surface area contributed by atoms with Crippen LogP contribution in [0.3, 0.4) is 0 Å². The fraction of sp³-hybridized carbons (Fsp3) is 0.250. The van der Waals surface area contributed by atoms with Gasteiger partial charge < -0.3 is 10.7 Å². The molecule has 0 fully saturated rings. The Morgan fingerprint density at radius 2 is 2.26 bits per heavy atom. The summed E-state index contributed by atoms with van der Waals surface area (Å²) in [6.45, 7) is 2.94. The van der Waals surface area contributed by atoms with Gasteiger partial charge in [-0.15, -0.1) is 0 Å². The molecule has 3 aromatic heterocycles. The Balaban J connectivity index is 2.15. The molecule has 0 aliphatic heterocycles. The number of aromatic amines is 1. The molecule has 0 aliphatic carbocycles. The summed E-state index contributed by atoms with van der Waals surface area (Å²) >= 11 is 0. The van der Waals surface area contributed by atoms with Crippen LogP contribution >= 0.6 is 0 Å². The Kier molecular flexibility index (Phi) is 2.79. The number of anilines is 3. The molecule has 3 heterocycles. The number of hydrogen-bond acceptors (Lipinski definition) is 5. The van der Waals surface area contributed by atoms with E-state index in [1.807, 2.05) is 6.07 Å². The quantitative estimate of drug-likeness (QED) is 0.741. The highest BCUT2D eigenvalue weighted by molar-refractivity contribution is 5.67. The maximum Gasteiger partial charge on any atom is 0.208 e. The molecule has 0 unspecified atom stereocenters. The Hall–Kier alpha value is -2.57. The third kappa shape index (κ3) is 1.88. The lowest BCUT2D eigenvalue weighted by molar-refractivity contribution is 0.811. The molecule has 0 amide bonds. The molecule has 98 valence electrons. The summed E-state index contributed by atoms with van der Waals surface area (Å²) in [6.07, 6.45) is 7.86. The van der Waals surface area contributed by atoms with E-state index in [1.165, 1.54) is 0 Å². The number of H-pyrrole nitrogens is 1. The van der Waals surface area contributed by atoms with Crippen LogP contribution in [0.5, 0.6) is 0 Å². The first kappa shape index (κ1) is 11.5. The maximum atomic E-state index is 5.85. The van der Waals surface area contributed by atoms with Gasteiger partial charge in [-0.25, -0.2) is 9.97 Å². The van der Waals surface area contributed by atoms with E-state index in [-0.39, 0.29) is 0 Å². The Morgan fingerprint density at radius 3 is 3.00 bits per heavy atom. The van der Waals surface area contributed by atoms with E-state index < -0.39 is 0 Å². The number of nitrogens with one attached hydrogen (secondary N) is 1. The van der Waals surface area contributed by atoms with Gasteiger partial charge in [0.1, 0.15) is 5.82 Å². The van der Waals surface area contributed by atoms with Crippen LogP contribution in [0.15, 0.2) is 30.9 Å². The second-order valence-electron chi connectivity index (χ2n) is 4.20. The first-order chi connectivity index (χ1) is 9.31. The number of fused-ring (bicyclic) bond motifs is 1. The molecular formula is C12H15N7. The first-order valence-corrected chi connectivity index (χ1v) is 6.16. The first-order valence-electron chi connectivity index (χ1n) is 6.16. The SMILES string of the molecule is CCCN(c1ncc[nH]1)c1ccnc2c(N)cnn12. The van der Waals surface area contributed by atoms with Gasteiger partial charge in [-0.05, 0) is 12.5 Å². The molecule has 7 heteroatoms. The van der Waals surface area contributed by atoms with Crippen molar-refractivity contribution in [1.29, 1.82) is 0 Å². The number of hydrogen-bond donors (Lipinski definition) is 2. The second-order valence-corrected chi connectivity index (χ2v) is 4.20. The molecule has 19 heavy (non-hydrogen) atoms. The monoisotopic (exact) mass is 257 g/mol. The number of rotatable bonds is 4. The van der Waals surface area contributed by atoms with E-state index in [0.717, 1.165) is 24.7 Å². The van der Waals surface area contributed by atoms with Gasteiger partial charge in [0.25, 0.3) is 0 Å². The van der Waals surface area contributed by atoms with Crippen molar-refractivity contribution in [2.24, 2.45) is 0 Å². The molecule has 0 saturated carbocycles. The van der Waals surface area contributed by atoms with Gasteiger partial charge in [0, 0.05) is 25.1 Å². The number of nitrogens with zero attached hydrogens (tertiary/aromatic N) is 5. The zero-order valence-electron chi connectivity index (χ0n) is 10.6. The van der Waals surface area contributed by atoms with Crippen molar-refractivity contribution in [3.05, 3.63) is 30.9 Å². The normalized spacial score (nSPS) is 11.0. The van der Waals surface area contributed by atoms with Crippen LogP contribution in [0, 0.1) is 0 Å². The Labute approximate surface area is 110 Å². The molecule has 0 aliphatic rings. The van der Waals surface area contributed by atoms with Gasteiger partial charge in [-0.2, -0.15) is 9.61 Å². The molecule has 0 bridgehead atoms. The lowest BCUT2D eigenvalue weighted by Crippen LogP contribution is -2.22. The number of nitrogens with two attached hydrogens (primary N) is 1. The van der Waals surface area contributed by atoms with Gasteiger partial charge in [0.05, 0.1) is 11.9 Å². The summed E-state index contributed by atoms with van der Waals surface area (Å²) < 4.78 is 1.73. The standard InChI is InChI=1S/C12H15N7/c1-2-7-18(12-15-5-6-16-12)10-3-4-14-11-9(13)8-17-19(10)11/h3-6,8H,2,7,13H2,1H3,(H,15,16). The average molecular weight is 257 g/mol. The van der Waals surface area contributed by atoms with Crippen molar-refractivity contribution in [3.63, 3.8) is 0 Å². The minimum absolute atomic E-state index is 0.567. The minimum Gasteiger partial charge on any atom is -0.394 e. The number of nitrogen functional groups attached to an aromatic ring is 1. The zero-order valence-corrected chi connectivity index (χ0v) is 10.6. The fourth-order valence-electron chi connectivity index (χ4n) is 2.06. The molecule has 0 radical (unpaired) electrons. The van der Waals surface area contributed by atoms with E-state index in [0.29, 0.717) is 11.3 Å². The van der Waals surface area contributed by atoms with Crippen LogP contribution in [0.4, 0.5) is 17.5 Å². The van der Waals surface area contributed by atoms with E-state index >= 15 is 0 Å². The molecule has 7 nitrogen and oxygen atoms in total. The van der Waals surface area contributed by atoms with Gasteiger partial charge in [-0.3, -0.25) is 4.90 Å². The van der Waals surface area contributed by atoms with Crippen LogP contribution < -0.4 is 10.6 Å². The van der Waals surface area contributed by atoms with E-state index in [1.54, 1.807) is 29.3 Å². The highest BCUT2D eigenvalue weighted by Gasteiger charge is 2.15. The van der Waals surface area contributed by atoms with Crippen LogP contribution in [-0.4, -0.2) is 31.1 Å². The van der Waals surface area contributed by atoms with Gasteiger partial charge in [-0.1, -0.05) is 6.92 Å². The van der Waals surface area contributed by atoms with Crippen molar-refractivity contribution in [2.45, 2.75) is 13.3 Å². The molecular weight excluding hydrogens is 242 g/mol. The number of imidazole rings is 1. The molecule has 3 aromatic rings. The summed E-state index contributed by atoms with van der Waals surface area (Å²) in [5, 5.41) is 4.28. The average Bonchev–Trinajstić information content (AvgIpc) is 3.06. The van der Waals surface area contributed by atoms with Crippen molar-refractivity contribution >= 4 is 23.1 Å². The fourth-order valence-corrected chi connectivity index (χ4v) is 2.06. The Bertz CT molecular complexity index is 671. The van der Waals surface area contributed by atoms with Gasteiger partial charge in [0.15, 0.2) is 5.65 Å².